The lowest BCUT2D eigenvalue weighted by Crippen LogP contribution is -2.35. The molecule has 0 unspecified atom stereocenters. The van der Waals surface area contributed by atoms with Crippen LogP contribution in [-0.4, -0.2) is 44.3 Å². The van der Waals surface area contributed by atoms with Crippen LogP contribution in [0.2, 0.25) is 10.0 Å². The van der Waals surface area contributed by atoms with E-state index in [-0.39, 0.29) is 26.4 Å². The van der Waals surface area contributed by atoms with Gasteiger partial charge in [-0.05, 0) is 24.3 Å². The van der Waals surface area contributed by atoms with E-state index in [1.807, 2.05) is 0 Å². The van der Waals surface area contributed by atoms with Crippen molar-refractivity contribution in [3.63, 3.8) is 0 Å². The average molecular weight is 448 g/mol. The summed E-state index contributed by atoms with van der Waals surface area (Å²) in [5.74, 6) is -0.776. The van der Waals surface area contributed by atoms with Crippen molar-refractivity contribution in [2.24, 2.45) is 0 Å². The maximum absolute atomic E-state index is 12.7. The Morgan fingerprint density at radius 3 is 2.39 bits per heavy atom. The number of rotatable bonds is 7. The SMILES string of the molecule is COc1ccc(S(=O)(=O)N(C)CC(=O)Nc2c(Cl)cccc2Cl)cc1[N+](=O)[O-]. The van der Waals surface area contributed by atoms with Gasteiger partial charge in [-0.1, -0.05) is 29.3 Å². The first kappa shape index (κ1) is 21.9. The van der Waals surface area contributed by atoms with Crippen LogP contribution >= 0.6 is 23.2 Å². The van der Waals surface area contributed by atoms with E-state index in [4.69, 9.17) is 27.9 Å². The third kappa shape index (κ3) is 4.71. The number of para-hydroxylation sites is 1. The molecule has 0 radical (unpaired) electrons. The molecule has 0 bridgehead atoms. The molecule has 0 saturated carbocycles. The molecule has 0 heterocycles. The van der Waals surface area contributed by atoms with Gasteiger partial charge < -0.3 is 10.1 Å². The van der Waals surface area contributed by atoms with Crippen LogP contribution in [0.25, 0.3) is 0 Å². The number of nitro benzene ring substituents is 1. The van der Waals surface area contributed by atoms with Gasteiger partial charge in [0.1, 0.15) is 0 Å². The molecule has 1 amide bonds. The van der Waals surface area contributed by atoms with Gasteiger partial charge in [0.25, 0.3) is 0 Å². The zero-order valence-electron chi connectivity index (χ0n) is 14.7. The fourth-order valence-corrected chi connectivity index (χ4v) is 3.88. The monoisotopic (exact) mass is 447 g/mol. The second-order valence-electron chi connectivity index (χ2n) is 5.50. The number of benzene rings is 2. The summed E-state index contributed by atoms with van der Waals surface area (Å²) >= 11 is 11.9. The fraction of sp³-hybridized carbons (Fsp3) is 0.188. The molecule has 0 saturated heterocycles. The number of carbonyl (C=O) groups excluding carboxylic acids is 1. The molecule has 9 nitrogen and oxygen atoms in total. The van der Waals surface area contributed by atoms with Crippen molar-refractivity contribution in [3.8, 4) is 5.75 Å². The molecule has 0 atom stereocenters. The van der Waals surface area contributed by atoms with Gasteiger partial charge in [-0.3, -0.25) is 14.9 Å². The molecule has 0 spiro atoms. The highest BCUT2D eigenvalue weighted by Gasteiger charge is 2.27. The van der Waals surface area contributed by atoms with Crippen molar-refractivity contribution >= 4 is 50.5 Å². The Labute approximate surface area is 171 Å². The molecule has 0 aliphatic rings. The number of hydrogen-bond acceptors (Lipinski definition) is 6. The van der Waals surface area contributed by atoms with Gasteiger partial charge in [-0.25, -0.2) is 8.42 Å². The van der Waals surface area contributed by atoms with Crippen molar-refractivity contribution in [3.05, 3.63) is 56.6 Å². The van der Waals surface area contributed by atoms with Crippen molar-refractivity contribution in [1.82, 2.24) is 4.31 Å². The molecule has 12 heteroatoms. The van der Waals surface area contributed by atoms with Crippen molar-refractivity contribution in [2.45, 2.75) is 4.90 Å². The molecular weight excluding hydrogens is 433 g/mol. The van der Waals surface area contributed by atoms with E-state index in [0.29, 0.717) is 0 Å². The van der Waals surface area contributed by atoms with Gasteiger partial charge in [-0.15, -0.1) is 0 Å². The number of nitrogens with zero attached hydrogens (tertiary/aromatic N) is 2. The molecule has 2 rings (SSSR count). The topological polar surface area (TPSA) is 119 Å². The summed E-state index contributed by atoms with van der Waals surface area (Å²) < 4.78 is 30.9. The quantitative estimate of drug-likeness (QED) is 0.514. The average Bonchev–Trinajstić information content (AvgIpc) is 2.64. The van der Waals surface area contributed by atoms with Crippen LogP contribution in [0.4, 0.5) is 11.4 Å². The van der Waals surface area contributed by atoms with Gasteiger partial charge in [0.2, 0.25) is 15.9 Å². The Morgan fingerprint density at radius 2 is 1.86 bits per heavy atom. The lowest BCUT2D eigenvalue weighted by molar-refractivity contribution is -0.386. The normalized spacial score (nSPS) is 11.3. The van der Waals surface area contributed by atoms with E-state index in [2.05, 4.69) is 5.32 Å². The maximum Gasteiger partial charge on any atom is 0.312 e. The zero-order chi connectivity index (χ0) is 21.1. The lowest BCUT2D eigenvalue weighted by atomic mass is 10.3. The molecule has 0 fully saturated rings. The first-order valence-corrected chi connectivity index (χ1v) is 9.80. The number of ether oxygens (including phenoxy) is 1. The number of nitro groups is 1. The predicted octanol–water partition coefficient (Wildman–Crippen LogP) is 3.17. The van der Waals surface area contributed by atoms with Crippen LogP contribution in [0.15, 0.2) is 41.3 Å². The number of amides is 1. The summed E-state index contributed by atoms with van der Waals surface area (Å²) in [6, 6.07) is 7.81. The first-order valence-electron chi connectivity index (χ1n) is 7.60. The highest BCUT2D eigenvalue weighted by atomic mass is 35.5. The van der Waals surface area contributed by atoms with Crippen molar-refractivity contribution in [1.29, 1.82) is 0 Å². The number of nitrogens with one attached hydrogen (secondary N) is 1. The highest BCUT2D eigenvalue weighted by molar-refractivity contribution is 7.89. The smallest absolute Gasteiger partial charge is 0.312 e. The summed E-state index contributed by atoms with van der Waals surface area (Å²) in [4.78, 5) is 22.2. The number of anilines is 1. The zero-order valence-corrected chi connectivity index (χ0v) is 17.0. The van der Waals surface area contributed by atoms with E-state index in [0.717, 1.165) is 16.4 Å². The molecule has 1 N–H and O–H groups in total. The molecule has 2 aromatic rings. The Kier molecular flexibility index (Phi) is 6.83. The van der Waals surface area contributed by atoms with Gasteiger partial charge in [0, 0.05) is 13.1 Å². The Hall–Kier alpha value is -2.40. The number of sulfonamides is 1. The molecule has 150 valence electrons. The molecule has 28 heavy (non-hydrogen) atoms. The molecule has 0 aliphatic heterocycles. The Bertz CT molecular complexity index is 1010. The number of likely N-dealkylation sites (N-methyl/N-ethyl adjacent to an activating group) is 1. The molecule has 0 aliphatic carbocycles. The van der Waals surface area contributed by atoms with Crippen LogP contribution in [0.5, 0.6) is 5.75 Å². The minimum absolute atomic E-state index is 0.0855. The van der Waals surface area contributed by atoms with Crippen molar-refractivity contribution < 1.29 is 22.9 Å². The highest BCUT2D eigenvalue weighted by Crippen LogP contribution is 2.31. The number of hydrogen-bond donors (Lipinski definition) is 1. The Balaban J connectivity index is 2.23. The largest absolute Gasteiger partial charge is 0.490 e. The molecule has 0 aromatic heterocycles. The van der Waals surface area contributed by atoms with Crippen LogP contribution in [0.1, 0.15) is 0 Å². The second kappa shape index (κ2) is 8.74. The summed E-state index contributed by atoms with van der Waals surface area (Å²) in [5, 5.41) is 13.9. The molecule has 2 aromatic carbocycles. The third-order valence-corrected chi connectivity index (χ3v) is 6.08. The Morgan fingerprint density at radius 1 is 1.25 bits per heavy atom. The van der Waals surface area contributed by atoms with E-state index < -0.39 is 33.1 Å². The van der Waals surface area contributed by atoms with Gasteiger partial charge >= 0.3 is 5.69 Å². The lowest BCUT2D eigenvalue weighted by Gasteiger charge is -2.17. The second-order valence-corrected chi connectivity index (χ2v) is 8.36. The summed E-state index contributed by atoms with van der Waals surface area (Å²) in [5.41, 5.74) is -0.356. The minimum atomic E-state index is -4.18. The van der Waals surface area contributed by atoms with Crippen LogP contribution < -0.4 is 10.1 Å². The van der Waals surface area contributed by atoms with E-state index >= 15 is 0 Å². The van der Waals surface area contributed by atoms with E-state index in [9.17, 15) is 23.3 Å². The standard InChI is InChI=1S/C16H15Cl2N3O6S/c1-20(9-15(22)19-16-11(17)4-3-5-12(16)18)28(25,26)10-6-7-14(27-2)13(8-10)21(23)24/h3-8H,9H2,1-2H3,(H,19,22). The fourth-order valence-electron chi connectivity index (χ4n) is 2.24. The maximum atomic E-state index is 12.7. The van der Waals surface area contributed by atoms with Crippen LogP contribution in [0.3, 0.4) is 0 Å². The minimum Gasteiger partial charge on any atom is -0.490 e. The summed E-state index contributed by atoms with van der Waals surface area (Å²) in [7, 11) is -1.79. The van der Waals surface area contributed by atoms with Gasteiger partial charge in [-0.2, -0.15) is 4.31 Å². The number of carbonyl (C=O) groups is 1. The van der Waals surface area contributed by atoms with Crippen LogP contribution in [0, 0.1) is 10.1 Å². The summed E-state index contributed by atoms with van der Waals surface area (Å²) in [6.45, 7) is -0.566. The third-order valence-electron chi connectivity index (χ3n) is 3.65. The number of halogens is 2. The van der Waals surface area contributed by atoms with Gasteiger partial charge in [0.15, 0.2) is 5.75 Å². The van der Waals surface area contributed by atoms with E-state index in [1.54, 1.807) is 6.07 Å². The molecular formula is C16H15Cl2N3O6S. The summed E-state index contributed by atoms with van der Waals surface area (Å²) in [6.07, 6.45) is 0. The van der Waals surface area contributed by atoms with Crippen molar-refractivity contribution in [2.75, 3.05) is 26.0 Å². The predicted molar refractivity (Wildman–Crippen MR) is 105 cm³/mol. The van der Waals surface area contributed by atoms with Gasteiger partial charge in [0.05, 0.1) is 39.2 Å². The van der Waals surface area contributed by atoms with Crippen LogP contribution in [-0.2, 0) is 14.8 Å². The van der Waals surface area contributed by atoms with E-state index in [1.165, 1.54) is 32.4 Å². The number of methoxy groups -OCH3 is 1. The first-order chi connectivity index (χ1) is 13.1.